The maximum atomic E-state index is 13.4. The van der Waals surface area contributed by atoms with Crippen LogP contribution in [0, 0.1) is 6.92 Å². The van der Waals surface area contributed by atoms with Crippen LogP contribution in [-0.4, -0.2) is 47.7 Å². The maximum Gasteiger partial charge on any atom is 0.357 e. The third-order valence-corrected chi connectivity index (χ3v) is 9.19. The lowest BCUT2D eigenvalue weighted by Crippen LogP contribution is -2.36. The molecule has 5 rings (SSSR count). The molecule has 0 aliphatic carbocycles. The molecule has 4 aromatic rings. The Hall–Kier alpha value is -3.34. The molecule has 0 unspecified atom stereocenters. The van der Waals surface area contributed by atoms with Crippen molar-refractivity contribution in [3.05, 3.63) is 77.1 Å². The highest BCUT2D eigenvalue weighted by atomic mass is 32.2. The molecule has 0 saturated carbocycles. The van der Waals surface area contributed by atoms with Gasteiger partial charge in [0.05, 0.1) is 27.6 Å². The lowest BCUT2D eigenvalue weighted by atomic mass is 10.0. The first-order valence-corrected chi connectivity index (χ1v) is 14.6. The summed E-state index contributed by atoms with van der Waals surface area (Å²) in [6.07, 6.45) is 2.30. The number of rotatable bonds is 6. The van der Waals surface area contributed by atoms with Crippen molar-refractivity contribution in [1.82, 2.24) is 13.9 Å². The highest BCUT2D eigenvalue weighted by molar-refractivity contribution is 7.98. The van der Waals surface area contributed by atoms with Crippen molar-refractivity contribution in [1.29, 1.82) is 0 Å². The molecule has 0 amide bonds. The van der Waals surface area contributed by atoms with Gasteiger partial charge in [0.25, 0.3) is 0 Å². The summed E-state index contributed by atoms with van der Waals surface area (Å²) in [5.41, 5.74) is 11.1. The summed E-state index contributed by atoms with van der Waals surface area (Å²) >= 11 is 1.45. The van der Waals surface area contributed by atoms with Crippen LogP contribution in [0.25, 0.3) is 16.6 Å². The van der Waals surface area contributed by atoms with Gasteiger partial charge in [-0.3, -0.25) is 4.57 Å². The highest BCUT2D eigenvalue weighted by Crippen LogP contribution is 2.41. The minimum atomic E-state index is -3.71. The van der Waals surface area contributed by atoms with Gasteiger partial charge in [-0.25, -0.2) is 18.2 Å². The van der Waals surface area contributed by atoms with Gasteiger partial charge in [0, 0.05) is 36.5 Å². The van der Waals surface area contributed by atoms with Crippen LogP contribution in [0.4, 0.5) is 5.69 Å². The molecule has 0 fully saturated rings. The summed E-state index contributed by atoms with van der Waals surface area (Å²) in [4.78, 5) is 18.4. The number of aryl methyl sites for hydroxylation is 1. The second kappa shape index (κ2) is 9.85. The molecule has 2 aromatic carbocycles. The number of aromatic nitrogens is 2. The van der Waals surface area contributed by atoms with Crippen LogP contribution < -0.4 is 5.73 Å². The van der Waals surface area contributed by atoms with Gasteiger partial charge in [-0.2, -0.15) is 4.31 Å². The van der Waals surface area contributed by atoms with Crippen molar-refractivity contribution in [2.24, 2.45) is 0 Å². The monoisotopic (exact) mass is 536 g/mol. The molecule has 10 heteroatoms. The van der Waals surface area contributed by atoms with Crippen LogP contribution in [0.15, 0.2) is 64.5 Å². The van der Waals surface area contributed by atoms with Gasteiger partial charge >= 0.3 is 5.97 Å². The van der Waals surface area contributed by atoms with E-state index in [1.807, 2.05) is 48.1 Å². The van der Waals surface area contributed by atoms with E-state index in [-0.39, 0.29) is 24.6 Å². The number of ether oxygens (including phenoxy) is 1. The van der Waals surface area contributed by atoms with Gasteiger partial charge in [0.2, 0.25) is 10.0 Å². The average Bonchev–Trinajstić information content (AvgIpc) is 3.24. The number of esters is 1. The van der Waals surface area contributed by atoms with Crippen LogP contribution in [0.1, 0.15) is 34.2 Å². The van der Waals surface area contributed by atoms with E-state index in [9.17, 15) is 13.2 Å². The second-order valence-corrected chi connectivity index (χ2v) is 11.6. The number of benzene rings is 2. The fourth-order valence-corrected chi connectivity index (χ4v) is 6.94. The van der Waals surface area contributed by atoms with Crippen molar-refractivity contribution >= 4 is 44.3 Å². The van der Waals surface area contributed by atoms with Gasteiger partial charge in [-0.1, -0.05) is 35.9 Å². The van der Waals surface area contributed by atoms with Crippen LogP contribution in [0.3, 0.4) is 0 Å². The molecule has 192 valence electrons. The molecule has 37 heavy (non-hydrogen) atoms. The molecule has 1 aliphatic heterocycles. The summed E-state index contributed by atoms with van der Waals surface area (Å²) in [6, 6.07) is 16.4. The predicted octanol–water partition coefficient (Wildman–Crippen LogP) is 4.56. The third kappa shape index (κ3) is 4.28. The summed E-state index contributed by atoms with van der Waals surface area (Å²) in [5.74, 6) is -0.483. The van der Waals surface area contributed by atoms with E-state index in [1.54, 1.807) is 31.2 Å². The number of pyridine rings is 1. The van der Waals surface area contributed by atoms with Gasteiger partial charge in [-0.15, -0.1) is 11.8 Å². The number of hydrogen-bond donors (Lipinski definition) is 1. The Bertz CT molecular complexity index is 1600. The zero-order valence-electron chi connectivity index (χ0n) is 20.9. The van der Waals surface area contributed by atoms with E-state index in [4.69, 9.17) is 15.5 Å². The van der Waals surface area contributed by atoms with Crippen molar-refractivity contribution in [3.63, 3.8) is 0 Å². The van der Waals surface area contributed by atoms with Gasteiger partial charge < -0.3 is 10.5 Å². The minimum absolute atomic E-state index is 0.111. The SMILES string of the molecule is CCOC(=O)c1c2nc3c(c(N)c2c(SC)n1-c1ccccc1)CN(S(=O)(=O)c1ccc(C)cc1)CC3. The maximum absolute atomic E-state index is 13.4. The number of hydrogen-bond acceptors (Lipinski definition) is 7. The standard InChI is InChI=1S/C27H28N4O4S2/c1-4-35-27(32)25-24-22(26(36-3)31(25)18-8-6-5-7-9-18)23(28)20-16-30(15-14-21(20)29-24)37(33,34)19-12-10-17(2)11-13-19/h5-13H,4,14-16,28H2,1-3H3. The first-order chi connectivity index (χ1) is 17.8. The fraction of sp³-hybridized carbons (Fsp3) is 0.259. The lowest BCUT2D eigenvalue weighted by Gasteiger charge is -2.28. The van der Waals surface area contributed by atoms with E-state index >= 15 is 0 Å². The molecular weight excluding hydrogens is 508 g/mol. The zero-order chi connectivity index (χ0) is 26.3. The Balaban J connectivity index is 1.69. The number of carbonyl (C=O) groups is 1. The normalized spacial score (nSPS) is 14.0. The van der Waals surface area contributed by atoms with Gasteiger partial charge in [0.1, 0.15) is 5.52 Å². The lowest BCUT2D eigenvalue weighted by molar-refractivity contribution is 0.0518. The van der Waals surface area contributed by atoms with Crippen molar-refractivity contribution in [2.45, 2.75) is 36.7 Å². The van der Waals surface area contributed by atoms with Crippen molar-refractivity contribution in [3.8, 4) is 5.69 Å². The van der Waals surface area contributed by atoms with Crippen molar-refractivity contribution in [2.75, 3.05) is 25.1 Å². The van der Waals surface area contributed by atoms with Crippen molar-refractivity contribution < 1.29 is 17.9 Å². The number of carbonyl (C=O) groups excluding carboxylic acids is 1. The first kappa shape index (κ1) is 25.3. The molecule has 0 saturated heterocycles. The highest BCUT2D eigenvalue weighted by Gasteiger charge is 2.34. The Morgan fingerprint density at radius 3 is 2.49 bits per heavy atom. The fourth-order valence-electron chi connectivity index (χ4n) is 4.74. The van der Waals surface area contributed by atoms with E-state index in [0.29, 0.717) is 40.0 Å². The van der Waals surface area contributed by atoms with Gasteiger partial charge in [0.15, 0.2) is 5.69 Å². The molecule has 0 bridgehead atoms. The molecule has 8 nitrogen and oxygen atoms in total. The van der Waals surface area contributed by atoms with E-state index < -0.39 is 16.0 Å². The topological polar surface area (TPSA) is 108 Å². The number of nitrogens with zero attached hydrogens (tertiary/aromatic N) is 3. The number of anilines is 1. The number of nitrogen functional groups attached to an aromatic ring is 1. The Morgan fingerprint density at radius 1 is 1.14 bits per heavy atom. The largest absolute Gasteiger partial charge is 0.461 e. The zero-order valence-corrected chi connectivity index (χ0v) is 22.5. The molecule has 0 radical (unpaired) electrons. The summed E-state index contributed by atoms with van der Waals surface area (Å²) in [5, 5.41) is 1.38. The number of thioether (sulfide) groups is 1. The molecule has 3 heterocycles. The van der Waals surface area contributed by atoms with Gasteiger partial charge in [-0.05, 0) is 44.4 Å². The molecular formula is C27H28N4O4S2. The quantitative estimate of drug-likeness (QED) is 0.284. The summed E-state index contributed by atoms with van der Waals surface area (Å²) in [7, 11) is -3.71. The molecule has 2 N–H and O–H groups in total. The number of nitrogens with two attached hydrogens (primary N) is 1. The Morgan fingerprint density at radius 2 is 1.84 bits per heavy atom. The Labute approximate surface area is 220 Å². The average molecular weight is 537 g/mol. The molecule has 0 atom stereocenters. The van der Waals surface area contributed by atoms with E-state index in [0.717, 1.165) is 16.3 Å². The number of sulfonamides is 1. The second-order valence-electron chi connectivity index (χ2n) is 8.83. The van der Waals surface area contributed by atoms with Crippen LogP contribution in [0.2, 0.25) is 0 Å². The van der Waals surface area contributed by atoms with Crippen LogP contribution >= 0.6 is 11.8 Å². The minimum Gasteiger partial charge on any atom is -0.461 e. The molecule has 1 aliphatic rings. The van der Waals surface area contributed by atoms with E-state index in [1.165, 1.54) is 16.1 Å². The molecule has 0 spiro atoms. The van der Waals surface area contributed by atoms with Crippen LogP contribution in [0.5, 0.6) is 0 Å². The van der Waals surface area contributed by atoms with E-state index in [2.05, 4.69) is 0 Å². The smallest absolute Gasteiger partial charge is 0.357 e. The third-order valence-electron chi connectivity index (χ3n) is 6.56. The number of para-hydroxylation sites is 1. The summed E-state index contributed by atoms with van der Waals surface area (Å²) < 4.78 is 35.5. The number of fused-ring (bicyclic) bond motifs is 2. The molecule has 2 aromatic heterocycles. The Kier molecular flexibility index (Phi) is 6.74. The predicted molar refractivity (Wildman–Crippen MR) is 146 cm³/mol. The summed E-state index contributed by atoms with van der Waals surface area (Å²) in [6.45, 7) is 4.28. The first-order valence-electron chi connectivity index (χ1n) is 12.0. The van der Waals surface area contributed by atoms with Crippen LogP contribution in [-0.2, 0) is 27.7 Å².